The molecule has 0 spiro atoms. The Morgan fingerprint density at radius 1 is 1.23 bits per heavy atom. The van der Waals surface area contributed by atoms with E-state index >= 15 is 0 Å². The lowest BCUT2D eigenvalue weighted by Crippen LogP contribution is -2.43. The lowest BCUT2D eigenvalue weighted by atomic mass is 9.97. The molecule has 0 bridgehead atoms. The van der Waals surface area contributed by atoms with Crippen molar-refractivity contribution in [2.24, 2.45) is 5.92 Å². The highest BCUT2D eigenvalue weighted by molar-refractivity contribution is 5.90. The van der Waals surface area contributed by atoms with Crippen molar-refractivity contribution in [2.75, 3.05) is 20.2 Å². The van der Waals surface area contributed by atoms with E-state index in [-0.39, 0.29) is 35.9 Å². The first-order valence-electron chi connectivity index (χ1n) is 8.50. The van der Waals surface area contributed by atoms with Crippen LogP contribution in [-0.4, -0.2) is 48.7 Å². The van der Waals surface area contributed by atoms with Gasteiger partial charge in [-0.1, -0.05) is 0 Å². The molecule has 8 heteroatoms. The van der Waals surface area contributed by atoms with Gasteiger partial charge in [-0.05, 0) is 39.7 Å². The minimum absolute atomic E-state index is 0.136. The van der Waals surface area contributed by atoms with Crippen LogP contribution in [0.15, 0.2) is 16.7 Å². The fourth-order valence-electron chi connectivity index (χ4n) is 2.62. The van der Waals surface area contributed by atoms with Gasteiger partial charge in [0, 0.05) is 13.1 Å². The molecule has 8 nitrogen and oxygen atoms in total. The van der Waals surface area contributed by atoms with E-state index in [9.17, 15) is 14.4 Å². The Morgan fingerprint density at radius 3 is 2.46 bits per heavy atom. The molecule has 1 fully saturated rings. The van der Waals surface area contributed by atoms with Crippen molar-refractivity contribution in [3.8, 4) is 0 Å². The molecule has 26 heavy (non-hydrogen) atoms. The van der Waals surface area contributed by atoms with Gasteiger partial charge in [-0.3, -0.25) is 4.79 Å². The fourth-order valence-corrected chi connectivity index (χ4v) is 2.62. The van der Waals surface area contributed by atoms with Gasteiger partial charge in [0.05, 0.1) is 19.3 Å². The Morgan fingerprint density at radius 2 is 1.88 bits per heavy atom. The Balaban J connectivity index is 1.81. The fraction of sp³-hybridized carbons (Fsp3) is 0.611. The van der Waals surface area contributed by atoms with Crippen LogP contribution in [0.3, 0.4) is 0 Å². The number of ether oxygens (including phenoxy) is 3. The summed E-state index contributed by atoms with van der Waals surface area (Å²) in [5, 5.41) is 0. The lowest BCUT2D eigenvalue weighted by molar-refractivity contribution is -0.152. The van der Waals surface area contributed by atoms with E-state index in [2.05, 4.69) is 4.74 Å². The monoisotopic (exact) mass is 367 g/mol. The SMILES string of the molecule is COC(=O)c1ccoc1COC(=O)C1CCN(C(=O)OC(C)(C)C)CC1. The van der Waals surface area contributed by atoms with Crippen LogP contribution in [0.4, 0.5) is 4.79 Å². The molecule has 0 atom stereocenters. The van der Waals surface area contributed by atoms with Crippen molar-refractivity contribution in [2.45, 2.75) is 45.8 Å². The van der Waals surface area contributed by atoms with Crippen LogP contribution in [0.2, 0.25) is 0 Å². The molecule has 0 unspecified atom stereocenters. The minimum atomic E-state index is -0.548. The third-order valence-corrected chi connectivity index (χ3v) is 3.98. The number of esters is 2. The highest BCUT2D eigenvalue weighted by Crippen LogP contribution is 2.22. The van der Waals surface area contributed by atoms with Gasteiger partial charge in [0.15, 0.2) is 5.76 Å². The number of hydrogen-bond acceptors (Lipinski definition) is 7. The van der Waals surface area contributed by atoms with E-state index in [1.165, 1.54) is 19.4 Å². The highest BCUT2D eigenvalue weighted by atomic mass is 16.6. The van der Waals surface area contributed by atoms with Gasteiger partial charge < -0.3 is 23.5 Å². The van der Waals surface area contributed by atoms with Gasteiger partial charge in [-0.15, -0.1) is 0 Å². The number of hydrogen-bond donors (Lipinski definition) is 0. The van der Waals surface area contributed by atoms with Crippen molar-refractivity contribution in [3.63, 3.8) is 0 Å². The summed E-state index contributed by atoms with van der Waals surface area (Å²) < 4.78 is 20.4. The third kappa shape index (κ3) is 5.24. The Labute approximate surface area is 152 Å². The molecule has 144 valence electrons. The quantitative estimate of drug-likeness (QED) is 0.596. The van der Waals surface area contributed by atoms with Crippen molar-refractivity contribution < 1.29 is 33.0 Å². The molecule has 1 aliphatic rings. The van der Waals surface area contributed by atoms with Crippen molar-refractivity contribution in [1.29, 1.82) is 0 Å². The summed E-state index contributed by atoms with van der Waals surface area (Å²) in [6.07, 6.45) is 1.97. The normalized spacial score (nSPS) is 15.5. The molecule has 1 aromatic rings. The topological polar surface area (TPSA) is 95.3 Å². The second-order valence-corrected chi connectivity index (χ2v) is 7.10. The molecule has 0 aromatic carbocycles. The summed E-state index contributed by atoms with van der Waals surface area (Å²) in [5.41, 5.74) is -0.312. The molecule has 2 heterocycles. The Bertz CT molecular complexity index is 651. The second kappa shape index (κ2) is 8.25. The van der Waals surface area contributed by atoms with Crippen LogP contribution in [0, 0.1) is 5.92 Å². The van der Waals surface area contributed by atoms with E-state index in [0.29, 0.717) is 25.9 Å². The average molecular weight is 367 g/mol. The third-order valence-electron chi connectivity index (χ3n) is 3.98. The average Bonchev–Trinajstić information content (AvgIpc) is 3.06. The summed E-state index contributed by atoms with van der Waals surface area (Å²) >= 11 is 0. The van der Waals surface area contributed by atoms with Crippen LogP contribution in [-0.2, 0) is 25.6 Å². The molecule has 0 saturated carbocycles. The molecule has 0 radical (unpaired) electrons. The maximum absolute atomic E-state index is 12.2. The zero-order valence-electron chi connectivity index (χ0n) is 15.6. The number of rotatable bonds is 4. The zero-order valence-corrected chi connectivity index (χ0v) is 15.6. The summed E-state index contributed by atoms with van der Waals surface area (Å²) in [6, 6.07) is 1.47. The van der Waals surface area contributed by atoms with Crippen LogP contribution >= 0.6 is 0 Å². The molecule has 0 aliphatic carbocycles. The molecule has 1 aromatic heterocycles. The standard InChI is InChI=1S/C18H25NO7/c1-18(2,3)26-17(22)19-8-5-12(6-9-19)15(20)25-11-14-13(7-10-24-14)16(21)23-4/h7,10,12H,5-6,8-9,11H2,1-4H3. The number of likely N-dealkylation sites (tertiary alicyclic amines) is 1. The minimum Gasteiger partial charge on any atom is -0.465 e. The molecule has 0 N–H and O–H groups in total. The first-order chi connectivity index (χ1) is 12.2. The smallest absolute Gasteiger partial charge is 0.410 e. The molecule has 2 rings (SSSR count). The van der Waals surface area contributed by atoms with Crippen LogP contribution in [0.1, 0.15) is 49.7 Å². The van der Waals surface area contributed by atoms with Gasteiger partial charge in [0.1, 0.15) is 17.8 Å². The zero-order chi connectivity index (χ0) is 19.3. The van der Waals surface area contributed by atoms with Gasteiger partial charge >= 0.3 is 18.0 Å². The predicted molar refractivity (Wildman–Crippen MR) is 90.4 cm³/mol. The maximum Gasteiger partial charge on any atom is 0.410 e. The van der Waals surface area contributed by atoms with Gasteiger partial charge in [0.25, 0.3) is 0 Å². The molecular weight excluding hydrogens is 342 g/mol. The number of methoxy groups -OCH3 is 1. The second-order valence-electron chi connectivity index (χ2n) is 7.10. The first kappa shape index (κ1) is 19.8. The largest absolute Gasteiger partial charge is 0.465 e. The van der Waals surface area contributed by atoms with E-state index < -0.39 is 11.6 Å². The Hall–Kier alpha value is -2.51. The summed E-state index contributed by atoms with van der Waals surface area (Å²) in [5.74, 6) is -0.974. The number of carbonyl (C=O) groups excluding carboxylic acids is 3. The van der Waals surface area contributed by atoms with Crippen molar-refractivity contribution in [1.82, 2.24) is 4.90 Å². The molecule has 1 amide bonds. The van der Waals surface area contributed by atoms with E-state index in [4.69, 9.17) is 13.9 Å². The van der Waals surface area contributed by atoms with Gasteiger partial charge in [-0.25, -0.2) is 9.59 Å². The molecule has 1 saturated heterocycles. The molecule has 1 aliphatic heterocycles. The van der Waals surface area contributed by atoms with Crippen molar-refractivity contribution >= 4 is 18.0 Å². The van der Waals surface area contributed by atoms with Gasteiger partial charge in [0.2, 0.25) is 0 Å². The number of carbonyl (C=O) groups is 3. The number of piperidine rings is 1. The van der Waals surface area contributed by atoms with Gasteiger partial charge in [-0.2, -0.15) is 0 Å². The summed E-state index contributed by atoms with van der Waals surface area (Å²) in [4.78, 5) is 37.4. The molecular formula is C18H25NO7. The lowest BCUT2D eigenvalue weighted by Gasteiger charge is -2.32. The number of amides is 1. The first-order valence-corrected chi connectivity index (χ1v) is 8.50. The number of furan rings is 1. The van der Waals surface area contributed by atoms with Crippen LogP contribution < -0.4 is 0 Å². The predicted octanol–water partition coefficient (Wildman–Crippen LogP) is 2.76. The van der Waals surface area contributed by atoms with Crippen LogP contribution in [0.5, 0.6) is 0 Å². The van der Waals surface area contributed by atoms with E-state index in [1.807, 2.05) is 20.8 Å². The van der Waals surface area contributed by atoms with E-state index in [1.54, 1.807) is 4.90 Å². The van der Waals surface area contributed by atoms with E-state index in [0.717, 1.165) is 0 Å². The number of nitrogens with zero attached hydrogens (tertiary/aromatic N) is 1. The maximum atomic E-state index is 12.2. The van der Waals surface area contributed by atoms with Crippen molar-refractivity contribution in [3.05, 3.63) is 23.7 Å². The van der Waals surface area contributed by atoms with Crippen LogP contribution in [0.25, 0.3) is 0 Å². The Kier molecular flexibility index (Phi) is 6.28. The summed E-state index contributed by atoms with van der Waals surface area (Å²) in [7, 11) is 1.27. The highest BCUT2D eigenvalue weighted by Gasteiger charge is 2.31. The summed E-state index contributed by atoms with van der Waals surface area (Å²) in [6.45, 7) is 6.17.